The van der Waals surface area contributed by atoms with Crippen molar-refractivity contribution in [1.29, 1.82) is 0 Å². The van der Waals surface area contributed by atoms with Gasteiger partial charge in [0, 0.05) is 0 Å². The first-order valence-corrected chi connectivity index (χ1v) is 11.9. The van der Waals surface area contributed by atoms with Crippen LogP contribution in [0.3, 0.4) is 0 Å². The quantitative estimate of drug-likeness (QED) is 0.196. The molecule has 0 spiro atoms. The molecule has 0 aromatic heterocycles. The van der Waals surface area contributed by atoms with Crippen LogP contribution in [0.4, 0.5) is 0 Å². The van der Waals surface area contributed by atoms with Crippen molar-refractivity contribution in [3.63, 3.8) is 0 Å². The standard InChI is InChI=1S/C16H13.C11H12P.2ClH.Ti/c1-12-10-14-8-5-9-15(16(14)11-12)13-6-3-2-4-7-13;1-12(2)11-7-9-5-3-4-6-10(9)8-11;;;/h2-11H,1H3;3-8H,1-2H3;2*1H;/q2*-1;;;+4/p-2. The van der Waals surface area contributed by atoms with E-state index in [9.17, 15) is 0 Å². The third-order valence-electron chi connectivity index (χ3n) is 5.10. The summed E-state index contributed by atoms with van der Waals surface area (Å²) in [4.78, 5) is 0. The zero-order valence-corrected chi connectivity index (χ0v) is 21.9. The SMILES string of the molecule is CP(C)c1cc2ccccc2[cH-]1.Cc1cc2c(-c3ccccc3)cccc2[cH-]1.[Cl-].[Cl-].[Ti+4]. The molecule has 0 bridgehead atoms. The van der Waals surface area contributed by atoms with Crippen LogP contribution in [0, 0.1) is 6.92 Å². The number of fused-ring (bicyclic) bond motifs is 2. The fourth-order valence-electron chi connectivity index (χ4n) is 3.65. The first kappa shape index (κ1) is 27.6. The van der Waals surface area contributed by atoms with Crippen molar-refractivity contribution in [3.8, 4) is 11.1 Å². The molecule has 0 aliphatic carbocycles. The molecule has 5 aromatic carbocycles. The van der Waals surface area contributed by atoms with Crippen LogP contribution in [0.5, 0.6) is 0 Å². The number of hydrogen-bond acceptors (Lipinski definition) is 0. The van der Waals surface area contributed by atoms with Crippen molar-refractivity contribution >= 4 is 34.8 Å². The maximum atomic E-state index is 2.31. The summed E-state index contributed by atoms with van der Waals surface area (Å²) in [6, 6.07) is 34.7. The van der Waals surface area contributed by atoms with Crippen molar-refractivity contribution < 1.29 is 46.5 Å². The van der Waals surface area contributed by atoms with Gasteiger partial charge in [-0.15, -0.1) is 82.8 Å². The number of hydrogen-bond donors (Lipinski definition) is 0. The smallest absolute Gasteiger partial charge is 1.00 e. The maximum Gasteiger partial charge on any atom is 4.00 e. The van der Waals surface area contributed by atoms with Crippen molar-refractivity contribution in [2.45, 2.75) is 6.92 Å². The molecule has 4 heteroatoms. The zero-order valence-electron chi connectivity index (χ0n) is 17.9. The van der Waals surface area contributed by atoms with E-state index < -0.39 is 0 Å². The van der Waals surface area contributed by atoms with E-state index in [0.717, 1.165) is 0 Å². The van der Waals surface area contributed by atoms with Gasteiger partial charge in [-0.2, -0.15) is 12.1 Å². The van der Waals surface area contributed by atoms with Crippen LogP contribution in [0.25, 0.3) is 32.7 Å². The first-order chi connectivity index (χ1) is 13.6. The van der Waals surface area contributed by atoms with Gasteiger partial charge in [0.2, 0.25) is 0 Å². The van der Waals surface area contributed by atoms with E-state index in [0.29, 0.717) is 0 Å². The Balaban J connectivity index is 0.000000292. The predicted molar refractivity (Wildman–Crippen MR) is 128 cm³/mol. The largest absolute Gasteiger partial charge is 4.00 e. The van der Waals surface area contributed by atoms with Gasteiger partial charge >= 0.3 is 21.7 Å². The topological polar surface area (TPSA) is 0 Å². The molecule has 5 aromatic rings. The number of halogens is 2. The van der Waals surface area contributed by atoms with E-state index in [4.69, 9.17) is 0 Å². The van der Waals surface area contributed by atoms with Gasteiger partial charge in [-0.05, 0) is 18.9 Å². The molecule has 156 valence electrons. The molecular formula is C27H25Cl2PTi. The molecule has 0 heterocycles. The molecule has 0 nitrogen and oxygen atoms in total. The summed E-state index contributed by atoms with van der Waals surface area (Å²) in [7, 11) is 0.0576. The van der Waals surface area contributed by atoms with Crippen LogP contribution in [0.2, 0.25) is 0 Å². The molecule has 0 unspecified atom stereocenters. The molecule has 0 saturated carbocycles. The van der Waals surface area contributed by atoms with E-state index >= 15 is 0 Å². The normalized spacial score (nSPS) is 9.94. The van der Waals surface area contributed by atoms with Crippen LogP contribution in [-0.4, -0.2) is 13.3 Å². The van der Waals surface area contributed by atoms with Gasteiger partial charge in [-0.25, -0.2) is 0 Å². The Bertz CT molecular complexity index is 1170. The Morgan fingerprint density at radius 2 is 1.32 bits per heavy atom. The van der Waals surface area contributed by atoms with Gasteiger partial charge in [0.1, 0.15) is 0 Å². The average Bonchev–Trinajstić information content (AvgIpc) is 3.31. The molecular weight excluding hydrogens is 474 g/mol. The van der Waals surface area contributed by atoms with Crippen molar-refractivity contribution in [1.82, 2.24) is 0 Å². The second-order valence-corrected chi connectivity index (χ2v) is 9.75. The molecule has 0 amide bonds. The monoisotopic (exact) mass is 498 g/mol. The Morgan fingerprint density at radius 3 is 2.00 bits per heavy atom. The second-order valence-electron chi connectivity index (χ2n) is 7.44. The number of rotatable bonds is 2. The fraction of sp³-hybridized carbons (Fsp3) is 0.111. The Labute approximate surface area is 214 Å². The minimum Gasteiger partial charge on any atom is -1.00 e. The minimum absolute atomic E-state index is 0. The fourth-order valence-corrected chi connectivity index (χ4v) is 4.44. The molecule has 5 rings (SSSR count). The molecule has 0 atom stereocenters. The summed E-state index contributed by atoms with van der Waals surface area (Å²) in [6.45, 7) is 6.74. The summed E-state index contributed by atoms with van der Waals surface area (Å²) < 4.78 is 0. The van der Waals surface area contributed by atoms with Crippen LogP contribution in [0.15, 0.2) is 97.1 Å². The molecule has 0 aliphatic heterocycles. The summed E-state index contributed by atoms with van der Waals surface area (Å²) >= 11 is 0. The first-order valence-electron chi connectivity index (χ1n) is 9.66. The molecule has 0 N–H and O–H groups in total. The van der Waals surface area contributed by atoms with E-state index in [1.54, 1.807) is 0 Å². The molecule has 0 radical (unpaired) electrons. The second kappa shape index (κ2) is 12.6. The third kappa shape index (κ3) is 6.55. The van der Waals surface area contributed by atoms with Gasteiger partial charge < -0.3 is 24.8 Å². The predicted octanol–water partition coefficient (Wildman–Crippen LogP) is 1.47. The van der Waals surface area contributed by atoms with Gasteiger partial charge in [0.25, 0.3) is 0 Å². The number of benzene rings is 3. The van der Waals surface area contributed by atoms with Crippen molar-refractivity contribution in [3.05, 3.63) is 103 Å². The summed E-state index contributed by atoms with van der Waals surface area (Å²) in [5.74, 6) is 0. The Kier molecular flexibility index (Phi) is 11.2. The Morgan fingerprint density at radius 1 is 0.677 bits per heavy atom. The minimum atomic E-state index is 0. The molecule has 31 heavy (non-hydrogen) atoms. The van der Waals surface area contributed by atoms with E-state index in [2.05, 4.69) is 117 Å². The van der Waals surface area contributed by atoms with Crippen LogP contribution < -0.4 is 30.1 Å². The average molecular weight is 499 g/mol. The summed E-state index contributed by atoms with van der Waals surface area (Å²) in [5, 5.41) is 6.95. The van der Waals surface area contributed by atoms with Gasteiger partial charge in [0.15, 0.2) is 0 Å². The molecule has 0 saturated heterocycles. The van der Waals surface area contributed by atoms with Crippen molar-refractivity contribution in [2.75, 3.05) is 13.3 Å². The summed E-state index contributed by atoms with van der Waals surface area (Å²) in [6.07, 6.45) is 0. The zero-order chi connectivity index (χ0) is 19.5. The van der Waals surface area contributed by atoms with Crippen LogP contribution >= 0.6 is 7.92 Å². The van der Waals surface area contributed by atoms with Gasteiger partial charge in [-0.1, -0.05) is 55.0 Å². The summed E-state index contributed by atoms with van der Waals surface area (Å²) in [5.41, 5.74) is 3.95. The van der Waals surface area contributed by atoms with Crippen LogP contribution in [0.1, 0.15) is 5.56 Å². The van der Waals surface area contributed by atoms with Gasteiger partial charge in [-0.3, -0.25) is 0 Å². The van der Waals surface area contributed by atoms with Gasteiger partial charge in [0.05, 0.1) is 0 Å². The van der Waals surface area contributed by atoms with E-state index in [1.807, 2.05) is 0 Å². The van der Waals surface area contributed by atoms with Crippen molar-refractivity contribution in [2.24, 2.45) is 0 Å². The molecule has 0 aliphatic rings. The molecule has 0 fully saturated rings. The number of aryl methyl sites for hydroxylation is 1. The van der Waals surface area contributed by atoms with Crippen LogP contribution in [-0.2, 0) is 21.7 Å². The van der Waals surface area contributed by atoms with E-state index in [-0.39, 0.29) is 54.5 Å². The van der Waals surface area contributed by atoms with E-state index in [1.165, 1.54) is 43.5 Å². The Hall–Kier alpha value is -1.40. The maximum absolute atomic E-state index is 2.31. The third-order valence-corrected chi connectivity index (χ3v) is 6.39.